The standard InChI is InChI=1S/C17H17F3N4O/c1-9-21-13(17(25)23-10-4-2-3-5-10)8-14(22-9)24-12-7-6-11(18)15(19)16(12)20/h6-8,10H,2-5H2,1H3,(H,23,25)(H,21,22,24). The Morgan fingerprint density at radius 3 is 2.56 bits per heavy atom. The summed E-state index contributed by atoms with van der Waals surface area (Å²) in [6, 6.07) is 3.34. The molecule has 3 rings (SSSR count). The second kappa shape index (κ2) is 7.08. The molecule has 1 saturated carbocycles. The van der Waals surface area contributed by atoms with Gasteiger partial charge in [0.25, 0.3) is 5.91 Å². The van der Waals surface area contributed by atoms with Crippen molar-refractivity contribution in [3.05, 3.63) is 47.2 Å². The number of aromatic nitrogens is 2. The number of amides is 1. The van der Waals surface area contributed by atoms with E-state index in [0.717, 1.165) is 37.8 Å². The molecule has 5 nitrogen and oxygen atoms in total. The molecule has 0 spiro atoms. The SMILES string of the molecule is Cc1nc(Nc2ccc(F)c(F)c2F)cc(C(=O)NC2CCCC2)n1. The lowest BCUT2D eigenvalue weighted by Crippen LogP contribution is -2.33. The van der Waals surface area contributed by atoms with Crippen LogP contribution >= 0.6 is 0 Å². The third-order valence-corrected chi connectivity index (χ3v) is 4.06. The van der Waals surface area contributed by atoms with Gasteiger partial charge in [0, 0.05) is 12.1 Å². The van der Waals surface area contributed by atoms with E-state index in [1.165, 1.54) is 6.07 Å². The van der Waals surface area contributed by atoms with Crippen molar-refractivity contribution in [2.24, 2.45) is 0 Å². The molecule has 1 aliphatic rings. The Morgan fingerprint density at radius 1 is 1.12 bits per heavy atom. The summed E-state index contributed by atoms with van der Waals surface area (Å²) in [4.78, 5) is 20.4. The number of benzene rings is 1. The van der Waals surface area contributed by atoms with Crippen molar-refractivity contribution in [2.45, 2.75) is 38.6 Å². The predicted molar refractivity (Wildman–Crippen MR) is 86.1 cm³/mol. The number of nitrogens with one attached hydrogen (secondary N) is 2. The van der Waals surface area contributed by atoms with Gasteiger partial charge in [0.05, 0.1) is 5.69 Å². The van der Waals surface area contributed by atoms with Gasteiger partial charge in [-0.3, -0.25) is 4.79 Å². The lowest BCUT2D eigenvalue weighted by atomic mass is 10.2. The number of hydrogen-bond donors (Lipinski definition) is 2. The van der Waals surface area contributed by atoms with Crippen molar-refractivity contribution >= 4 is 17.4 Å². The molecule has 1 aromatic carbocycles. The monoisotopic (exact) mass is 350 g/mol. The number of carbonyl (C=O) groups is 1. The number of carbonyl (C=O) groups excluding carboxylic acids is 1. The molecule has 0 unspecified atom stereocenters. The van der Waals surface area contributed by atoms with E-state index in [1.807, 2.05) is 0 Å². The molecule has 25 heavy (non-hydrogen) atoms. The molecule has 0 bridgehead atoms. The molecule has 2 N–H and O–H groups in total. The number of rotatable bonds is 4. The summed E-state index contributed by atoms with van der Waals surface area (Å²) in [6.07, 6.45) is 4.02. The van der Waals surface area contributed by atoms with Gasteiger partial charge in [0.2, 0.25) is 0 Å². The Bertz CT molecular complexity index is 807. The topological polar surface area (TPSA) is 66.9 Å². The van der Waals surface area contributed by atoms with Crippen LogP contribution < -0.4 is 10.6 Å². The lowest BCUT2D eigenvalue weighted by Gasteiger charge is -2.13. The largest absolute Gasteiger partial charge is 0.348 e. The van der Waals surface area contributed by atoms with E-state index < -0.39 is 17.5 Å². The van der Waals surface area contributed by atoms with Crippen molar-refractivity contribution in [3.63, 3.8) is 0 Å². The second-order valence-electron chi connectivity index (χ2n) is 5.99. The molecule has 1 fully saturated rings. The highest BCUT2D eigenvalue weighted by Gasteiger charge is 2.20. The number of anilines is 2. The summed E-state index contributed by atoms with van der Waals surface area (Å²) in [5.74, 6) is -4.13. The molecule has 0 aliphatic heterocycles. The van der Waals surface area contributed by atoms with E-state index in [9.17, 15) is 18.0 Å². The van der Waals surface area contributed by atoms with Crippen molar-refractivity contribution in [1.29, 1.82) is 0 Å². The molecule has 2 aromatic rings. The fraction of sp³-hybridized carbons (Fsp3) is 0.353. The van der Waals surface area contributed by atoms with Gasteiger partial charge >= 0.3 is 0 Å². The van der Waals surface area contributed by atoms with Crippen LogP contribution in [0.2, 0.25) is 0 Å². The first-order valence-corrected chi connectivity index (χ1v) is 8.01. The Labute approximate surface area is 142 Å². The molecule has 1 aliphatic carbocycles. The number of nitrogens with zero attached hydrogens (tertiary/aromatic N) is 2. The fourth-order valence-corrected chi connectivity index (χ4v) is 2.84. The van der Waals surface area contributed by atoms with Crippen molar-refractivity contribution in [3.8, 4) is 0 Å². The summed E-state index contributed by atoms with van der Waals surface area (Å²) in [7, 11) is 0. The minimum absolute atomic E-state index is 0.119. The predicted octanol–water partition coefficient (Wildman–Crippen LogP) is 3.62. The van der Waals surface area contributed by atoms with Gasteiger partial charge in [-0.15, -0.1) is 0 Å². The average Bonchev–Trinajstić information content (AvgIpc) is 3.08. The Hall–Kier alpha value is -2.64. The minimum Gasteiger partial charge on any atom is -0.348 e. The van der Waals surface area contributed by atoms with Crippen molar-refractivity contribution in [2.75, 3.05) is 5.32 Å². The summed E-state index contributed by atoms with van der Waals surface area (Å²) in [5, 5.41) is 5.46. The summed E-state index contributed by atoms with van der Waals surface area (Å²) >= 11 is 0. The number of halogens is 3. The highest BCUT2D eigenvalue weighted by atomic mass is 19.2. The molecule has 0 saturated heterocycles. The lowest BCUT2D eigenvalue weighted by molar-refractivity contribution is 0.0932. The molecule has 1 amide bonds. The number of aryl methyl sites for hydroxylation is 1. The molecular weight excluding hydrogens is 333 g/mol. The van der Waals surface area contributed by atoms with Crippen LogP contribution in [-0.4, -0.2) is 21.9 Å². The molecule has 0 atom stereocenters. The van der Waals surface area contributed by atoms with E-state index in [4.69, 9.17) is 0 Å². The third kappa shape index (κ3) is 3.89. The van der Waals surface area contributed by atoms with Crippen LogP contribution in [0.5, 0.6) is 0 Å². The number of hydrogen-bond acceptors (Lipinski definition) is 4. The van der Waals surface area contributed by atoms with Crippen LogP contribution in [0, 0.1) is 24.4 Å². The van der Waals surface area contributed by atoms with Gasteiger partial charge in [-0.2, -0.15) is 0 Å². The van der Waals surface area contributed by atoms with E-state index >= 15 is 0 Å². The zero-order valence-electron chi connectivity index (χ0n) is 13.6. The maximum atomic E-state index is 13.8. The second-order valence-corrected chi connectivity index (χ2v) is 5.99. The van der Waals surface area contributed by atoms with Gasteiger partial charge in [0.1, 0.15) is 17.3 Å². The molecule has 1 heterocycles. The van der Waals surface area contributed by atoms with Gasteiger partial charge in [-0.25, -0.2) is 23.1 Å². The van der Waals surface area contributed by atoms with Gasteiger partial charge in [-0.1, -0.05) is 12.8 Å². The highest BCUT2D eigenvalue weighted by Crippen LogP contribution is 2.23. The maximum absolute atomic E-state index is 13.8. The average molecular weight is 350 g/mol. The Balaban J connectivity index is 1.82. The highest BCUT2D eigenvalue weighted by molar-refractivity contribution is 5.93. The van der Waals surface area contributed by atoms with Gasteiger partial charge in [-0.05, 0) is 31.9 Å². The smallest absolute Gasteiger partial charge is 0.270 e. The van der Waals surface area contributed by atoms with Crippen LogP contribution in [0.3, 0.4) is 0 Å². The fourth-order valence-electron chi connectivity index (χ4n) is 2.84. The summed E-state index contributed by atoms with van der Waals surface area (Å²) in [5.41, 5.74) is -0.149. The van der Waals surface area contributed by atoms with Crippen LogP contribution in [0.15, 0.2) is 18.2 Å². The minimum atomic E-state index is -1.57. The molecule has 1 aromatic heterocycles. The molecular formula is C17H17F3N4O. The normalized spacial score (nSPS) is 14.6. The zero-order valence-corrected chi connectivity index (χ0v) is 13.6. The van der Waals surface area contributed by atoms with Gasteiger partial charge < -0.3 is 10.6 Å². The van der Waals surface area contributed by atoms with Crippen LogP contribution in [-0.2, 0) is 0 Å². The van der Waals surface area contributed by atoms with E-state index in [0.29, 0.717) is 5.82 Å². The maximum Gasteiger partial charge on any atom is 0.270 e. The van der Waals surface area contributed by atoms with Crippen LogP contribution in [0.25, 0.3) is 0 Å². The molecule has 0 radical (unpaired) electrons. The Kier molecular flexibility index (Phi) is 4.87. The summed E-state index contributed by atoms with van der Waals surface area (Å²) < 4.78 is 40.1. The first kappa shape index (κ1) is 17.2. The molecule has 8 heteroatoms. The van der Waals surface area contributed by atoms with E-state index in [1.54, 1.807) is 6.92 Å². The summed E-state index contributed by atoms with van der Waals surface area (Å²) in [6.45, 7) is 1.58. The van der Waals surface area contributed by atoms with Crippen molar-refractivity contribution in [1.82, 2.24) is 15.3 Å². The first-order valence-electron chi connectivity index (χ1n) is 8.01. The van der Waals surface area contributed by atoms with Crippen LogP contribution in [0.4, 0.5) is 24.7 Å². The zero-order chi connectivity index (χ0) is 18.0. The van der Waals surface area contributed by atoms with Crippen LogP contribution in [0.1, 0.15) is 42.0 Å². The quantitative estimate of drug-likeness (QED) is 0.827. The van der Waals surface area contributed by atoms with E-state index in [-0.39, 0.29) is 29.1 Å². The Morgan fingerprint density at radius 2 is 1.84 bits per heavy atom. The van der Waals surface area contributed by atoms with Gasteiger partial charge in [0.15, 0.2) is 17.5 Å². The molecule has 132 valence electrons. The van der Waals surface area contributed by atoms with Crippen molar-refractivity contribution < 1.29 is 18.0 Å². The third-order valence-electron chi connectivity index (χ3n) is 4.06. The van der Waals surface area contributed by atoms with E-state index in [2.05, 4.69) is 20.6 Å². The first-order chi connectivity index (χ1) is 11.9.